The average Bonchev–Trinajstić information content (AvgIpc) is 2.39. The maximum Gasteiger partial charge on any atom is 0.338 e. The largest absolute Gasteiger partial charge is 0.462 e. The Labute approximate surface area is 112 Å². The van der Waals surface area contributed by atoms with E-state index >= 15 is 0 Å². The minimum Gasteiger partial charge on any atom is -0.462 e. The van der Waals surface area contributed by atoms with Crippen molar-refractivity contribution in [2.24, 2.45) is 0 Å². The van der Waals surface area contributed by atoms with E-state index in [-0.39, 0.29) is 5.97 Å². The maximum atomic E-state index is 11.7. The van der Waals surface area contributed by atoms with Crippen LogP contribution >= 0.6 is 0 Å². The second-order valence-corrected chi connectivity index (χ2v) is 4.19. The first-order valence-corrected chi connectivity index (χ1v) is 6.12. The normalized spacial score (nSPS) is 10.2. The Hall–Kier alpha value is -2.36. The smallest absolute Gasteiger partial charge is 0.338 e. The molecule has 19 heavy (non-hydrogen) atoms. The van der Waals surface area contributed by atoms with E-state index in [9.17, 15) is 4.79 Å². The Balaban J connectivity index is 2.45. The third-order valence-electron chi connectivity index (χ3n) is 2.73. The van der Waals surface area contributed by atoms with Gasteiger partial charge in [0.05, 0.1) is 17.9 Å². The van der Waals surface area contributed by atoms with E-state index in [1.807, 2.05) is 25.1 Å². The van der Waals surface area contributed by atoms with E-state index in [4.69, 9.17) is 10.5 Å². The molecule has 0 aliphatic heterocycles. The van der Waals surface area contributed by atoms with Crippen molar-refractivity contribution in [3.8, 4) is 11.3 Å². The summed E-state index contributed by atoms with van der Waals surface area (Å²) in [6, 6.07) is 10.8. The number of carbonyl (C=O) groups is 1. The van der Waals surface area contributed by atoms with Gasteiger partial charge in [0.15, 0.2) is 0 Å². The molecule has 0 aliphatic carbocycles. The van der Waals surface area contributed by atoms with Crippen molar-refractivity contribution in [3.63, 3.8) is 0 Å². The highest BCUT2D eigenvalue weighted by Crippen LogP contribution is 2.25. The highest BCUT2D eigenvalue weighted by molar-refractivity contribution is 5.92. The predicted molar refractivity (Wildman–Crippen MR) is 74.8 cm³/mol. The van der Waals surface area contributed by atoms with Crippen LogP contribution in [0.3, 0.4) is 0 Å². The number of nitrogens with two attached hydrogens (primary N) is 1. The zero-order valence-electron chi connectivity index (χ0n) is 11.0. The third-order valence-corrected chi connectivity index (χ3v) is 2.73. The van der Waals surface area contributed by atoms with Crippen LogP contribution < -0.4 is 5.73 Å². The number of hydrogen-bond donors (Lipinski definition) is 1. The van der Waals surface area contributed by atoms with Crippen molar-refractivity contribution < 1.29 is 9.53 Å². The van der Waals surface area contributed by atoms with Crippen LogP contribution in [-0.4, -0.2) is 17.6 Å². The Morgan fingerprint density at radius 1 is 1.32 bits per heavy atom. The monoisotopic (exact) mass is 256 g/mol. The molecule has 4 heteroatoms. The molecule has 0 amide bonds. The summed E-state index contributed by atoms with van der Waals surface area (Å²) in [4.78, 5) is 16.1. The number of nitrogens with zero attached hydrogens (tertiary/aromatic N) is 1. The van der Waals surface area contributed by atoms with E-state index in [1.54, 1.807) is 25.1 Å². The van der Waals surface area contributed by atoms with E-state index in [2.05, 4.69) is 4.98 Å². The lowest BCUT2D eigenvalue weighted by Crippen LogP contribution is -2.05. The Kier molecular flexibility index (Phi) is 3.80. The van der Waals surface area contributed by atoms with Gasteiger partial charge in [-0.05, 0) is 44.2 Å². The van der Waals surface area contributed by atoms with E-state index in [0.29, 0.717) is 17.9 Å². The van der Waals surface area contributed by atoms with Crippen molar-refractivity contribution in [1.29, 1.82) is 0 Å². The van der Waals surface area contributed by atoms with Gasteiger partial charge in [-0.15, -0.1) is 0 Å². The molecule has 1 aromatic heterocycles. The van der Waals surface area contributed by atoms with Gasteiger partial charge in [-0.2, -0.15) is 0 Å². The van der Waals surface area contributed by atoms with Gasteiger partial charge < -0.3 is 10.5 Å². The van der Waals surface area contributed by atoms with Crippen molar-refractivity contribution in [2.75, 3.05) is 12.3 Å². The first-order valence-electron chi connectivity index (χ1n) is 6.12. The fourth-order valence-electron chi connectivity index (χ4n) is 1.81. The predicted octanol–water partition coefficient (Wildman–Crippen LogP) is 2.82. The first-order chi connectivity index (χ1) is 9.11. The lowest BCUT2D eigenvalue weighted by Gasteiger charge is -2.08. The van der Waals surface area contributed by atoms with Crippen LogP contribution in [0.2, 0.25) is 0 Å². The Bertz CT molecular complexity index is 609. The number of anilines is 1. The highest BCUT2D eigenvalue weighted by Gasteiger charge is 2.11. The Morgan fingerprint density at radius 2 is 2.11 bits per heavy atom. The Morgan fingerprint density at radius 3 is 2.79 bits per heavy atom. The number of pyridine rings is 1. The molecule has 0 saturated heterocycles. The molecule has 1 aromatic carbocycles. The van der Waals surface area contributed by atoms with Gasteiger partial charge in [0.2, 0.25) is 0 Å². The number of esters is 1. The lowest BCUT2D eigenvalue weighted by molar-refractivity contribution is 0.0526. The van der Waals surface area contributed by atoms with Crippen LogP contribution in [0.1, 0.15) is 23.0 Å². The highest BCUT2D eigenvalue weighted by atomic mass is 16.5. The standard InChI is InChI=1S/C15H16N2O2/c1-3-19-15(18)11-7-8-13(16)12(9-11)14-6-4-5-10(2)17-14/h4-9H,3,16H2,1-2H3. The molecule has 0 saturated carbocycles. The van der Waals surface area contributed by atoms with E-state index in [1.165, 1.54) is 0 Å². The molecule has 1 heterocycles. The van der Waals surface area contributed by atoms with Gasteiger partial charge >= 0.3 is 5.97 Å². The van der Waals surface area contributed by atoms with Crippen LogP contribution in [0.4, 0.5) is 5.69 Å². The van der Waals surface area contributed by atoms with Gasteiger partial charge in [-0.25, -0.2) is 4.79 Å². The zero-order chi connectivity index (χ0) is 13.8. The minimum absolute atomic E-state index is 0.348. The number of hydrogen-bond acceptors (Lipinski definition) is 4. The topological polar surface area (TPSA) is 65.2 Å². The molecule has 0 bridgehead atoms. The van der Waals surface area contributed by atoms with Crippen LogP contribution in [0, 0.1) is 6.92 Å². The summed E-state index contributed by atoms with van der Waals surface area (Å²) < 4.78 is 4.98. The van der Waals surface area contributed by atoms with E-state index < -0.39 is 0 Å². The van der Waals surface area contributed by atoms with Crippen molar-refractivity contribution in [3.05, 3.63) is 47.7 Å². The number of benzene rings is 1. The van der Waals surface area contributed by atoms with Gasteiger partial charge in [0.1, 0.15) is 0 Å². The average molecular weight is 256 g/mol. The van der Waals surface area contributed by atoms with Gasteiger partial charge in [0, 0.05) is 16.9 Å². The van der Waals surface area contributed by atoms with Gasteiger partial charge in [0.25, 0.3) is 0 Å². The molecule has 0 aliphatic rings. The zero-order valence-corrected chi connectivity index (χ0v) is 11.0. The van der Waals surface area contributed by atoms with Crippen molar-refractivity contribution in [2.45, 2.75) is 13.8 Å². The summed E-state index contributed by atoms with van der Waals surface area (Å²) in [5, 5.41) is 0. The lowest BCUT2D eigenvalue weighted by atomic mass is 10.0. The van der Waals surface area contributed by atoms with Gasteiger partial charge in [-0.3, -0.25) is 4.98 Å². The number of rotatable bonds is 3. The quantitative estimate of drug-likeness (QED) is 0.677. The second-order valence-electron chi connectivity index (χ2n) is 4.19. The number of aryl methyl sites for hydroxylation is 1. The van der Waals surface area contributed by atoms with Crippen LogP contribution in [-0.2, 0) is 4.74 Å². The molecular weight excluding hydrogens is 240 g/mol. The number of nitrogen functional groups attached to an aromatic ring is 1. The summed E-state index contributed by atoms with van der Waals surface area (Å²) >= 11 is 0. The minimum atomic E-state index is -0.351. The molecule has 0 radical (unpaired) electrons. The molecule has 4 nitrogen and oxygen atoms in total. The molecular formula is C15H16N2O2. The van der Waals surface area contributed by atoms with Crippen LogP contribution in [0.15, 0.2) is 36.4 Å². The molecule has 2 aromatic rings. The second kappa shape index (κ2) is 5.52. The van der Waals surface area contributed by atoms with E-state index in [0.717, 1.165) is 17.0 Å². The SMILES string of the molecule is CCOC(=O)c1ccc(N)c(-c2cccc(C)n2)c1. The summed E-state index contributed by atoms with van der Waals surface area (Å²) in [5.74, 6) is -0.351. The summed E-state index contributed by atoms with van der Waals surface area (Å²) in [5.41, 5.74) is 9.42. The number of carbonyl (C=O) groups excluding carboxylic acids is 1. The molecule has 2 N–H and O–H groups in total. The van der Waals surface area contributed by atoms with Crippen LogP contribution in [0.5, 0.6) is 0 Å². The molecule has 0 fully saturated rings. The maximum absolute atomic E-state index is 11.7. The molecule has 0 unspecified atom stereocenters. The van der Waals surface area contributed by atoms with Crippen molar-refractivity contribution in [1.82, 2.24) is 4.98 Å². The number of ether oxygens (including phenoxy) is 1. The summed E-state index contributed by atoms with van der Waals surface area (Å²) in [7, 11) is 0. The molecule has 98 valence electrons. The third kappa shape index (κ3) is 2.91. The number of aromatic nitrogens is 1. The summed E-state index contributed by atoms with van der Waals surface area (Å²) in [6.07, 6.45) is 0. The summed E-state index contributed by atoms with van der Waals surface area (Å²) in [6.45, 7) is 4.04. The first kappa shape index (κ1) is 13.1. The molecule has 0 spiro atoms. The van der Waals surface area contributed by atoms with Gasteiger partial charge in [-0.1, -0.05) is 6.07 Å². The fourth-order valence-corrected chi connectivity index (χ4v) is 1.81. The fraction of sp³-hybridized carbons (Fsp3) is 0.200. The molecule has 0 atom stereocenters. The molecule has 2 rings (SSSR count). The van der Waals surface area contributed by atoms with Crippen molar-refractivity contribution >= 4 is 11.7 Å². The van der Waals surface area contributed by atoms with Crippen LogP contribution in [0.25, 0.3) is 11.3 Å².